The van der Waals surface area contributed by atoms with Crippen molar-refractivity contribution in [1.82, 2.24) is 0 Å². The predicted molar refractivity (Wildman–Crippen MR) is 86.8 cm³/mol. The Balaban J connectivity index is 1.89. The lowest BCUT2D eigenvalue weighted by Gasteiger charge is -2.14. The molecule has 1 unspecified atom stereocenters. The van der Waals surface area contributed by atoms with Crippen molar-refractivity contribution in [2.45, 2.75) is 17.4 Å². The molecule has 106 valence electrons. The molecule has 0 aliphatic rings. The normalized spacial score (nSPS) is 12.2. The number of hydrogen-bond acceptors (Lipinski definition) is 3. The van der Waals surface area contributed by atoms with Crippen molar-refractivity contribution >= 4 is 23.4 Å². The second-order valence-corrected chi connectivity index (χ2v) is 6.07. The largest absolute Gasteiger partial charge is 0.496 e. The van der Waals surface area contributed by atoms with E-state index in [1.54, 1.807) is 18.9 Å². The highest BCUT2D eigenvalue weighted by molar-refractivity contribution is 7.99. The van der Waals surface area contributed by atoms with Crippen molar-refractivity contribution in [3.8, 4) is 5.75 Å². The van der Waals surface area contributed by atoms with Gasteiger partial charge in [0.05, 0.1) is 7.11 Å². The maximum atomic E-state index is 6.20. The Kier molecular flexibility index (Phi) is 5.77. The third kappa shape index (κ3) is 4.44. The number of hydrogen-bond donors (Lipinski definition) is 1. The van der Waals surface area contributed by atoms with E-state index in [-0.39, 0.29) is 6.04 Å². The van der Waals surface area contributed by atoms with Crippen molar-refractivity contribution in [2.75, 3.05) is 12.9 Å². The fraction of sp³-hybridized carbons (Fsp3) is 0.250. The summed E-state index contributed by atoms with van der Waals surface area (Å²) in [6.07, 6.45) is 0.810. The number of rotatable bonds is 6. The van der Waals surface area contributed by atoms with Crippen LogP contribution in [0.25, 0.3) is 0 Å². The third-order valence-corrected chi connectivity index (χ3v) is 4.40. The van der Waals surface area contributed by atoms with E-state index in [1.807, 2.05) is 42.5 Å². The molecule has 0 aliphatic heterocycles. The van der Waals surface area contributed by atoms with E-state index >= 15 is 0 Å². The van der Waals surface area contributed by atoms with Crippen molar-refractivity contribution < 1.29 is 4.74 Å². The minimum absolute atomic E-state index is 0.0898. The minimum Gasteiger partial charge on any atom is -0.496 e. The van der Waals surface area contributed by atoms with Gasteiger partial charge in [0.15, 0.2) is 0 Å². The summed E-state index contributed by atoms with van der Waals surface area (Å²) in [5.74, 6) is 1.76. The molecule has 0 saturated carbocycles. The molecule has 2 aromatic rings. The Labute approximate surface area is 129 Å². The zero-order valence-corrected chi connectivity index (χ0v) is 13.0. The fourth-order valence-corrected chi connectivity index (χ4v) is 2.93. The van der Waals surface area contributed by atoms with E-state index in [0.717, 1.165) is 28.5 Å². The third-order valence-electron chi connectivity index (χ3n) is 2.95. The molecule has 0 saturated heterocycles. The summed E-state index contributed by atoms with van der Waals surface area (Å²) < 4.78 is 5.35. The number of halogens is 1. The van der Waals surface area contributed by atoms with Gasteiger partial charge >= 0.3 is 0 Å². The van der Waals surface area contributed by atoms with E-state index in [0.29, 0.717) is 0 Å². The molecule has 2 rings (SSSR count). The Morgan fingerprint density at radius 3 is 2.55 bits per heavy atom. The van der Waals surface area contributed by atoms with E-state index < -0.39 is 0 Å². The summed E-state index contributed by atoms with van der Waals surface area (Å²) in [6.45, 7) is 0. The van der Waals surface area contributed by atoms with Crippen LogP contribution in [0.15, 0.2) is 53.4 Å². The second kappa shape index (κ2) is 7.58. The van der Waals surface area contributed by atoms with Crippen molar-refractivity contribution in [3.63, 3.8) is 0 Å². The smallest absolute Gasteiger partial charge is 0.122 e. The molecule has 1 atom stereocenters. The highest BCUT2D eigenvalue weighted by Gasteiger charge is 2.09. The lowest BCUT2D eigenvalue weighted by Crippen LogP contribution is -2.25. The Bertz CT molecular complexity index is 544. The number of benzene rings is 2. The van der Waals surface area contributed by atoms with E-state index in [4.69, 9.17) is 22.1 Å². The van der Waals surface area contributed by atoms with Gasteiger partial charge in [0.25, 0.3) is 0 Å². The Hall–Kier alpha value is -1.16. The number of ether oxygens (including phenoxy) is 1. The summed E-state index contributed by atoms with van der Waals surface area (Å²) in [5, 5.41) is 0.757. The van der Waals surface area contributed by atoms with Gasteiger partial charge in [0.1, 0.15) is 5.75 Å². The summed E-state index contributed by atoms with van der Waals surface area (Å²) in [5.41, 5.74) is 7.36. The Morgan fingerprint density at radius 2 is 1.85 bits per heavy atom. The zero-order chi connectivity index (χ0) is 14.4. The summed E-state index contributed by atoms with van der Waals surface area (Å²) >= 11 is 7.61. The molecule has 0 bridgehead atoms. The molecule has 0 aromatic heterocycles. The summed E-state index contributed by atoms with van der Waals surface area (Å²) in [7, 11) is 1.69. The van der Waals surface area contributed by atoms with Crippen LogP contribution in [0.5, 0.6) is 5.75 Å². The molecule has 0 amide bonds. The highest BCUT2D eigenvalue weighted by Crippen LogP contribution is 2.23. The quantitative estimate of drug-likeness (QED) is 0.819. The van der Waals surface area contributed by atoms with E-state index in [1.165, 1.54) is 4.90 Å². The van der Waals surface area contributed by atoms with Gasteiger partial charge in [-0.05, 0) is 42.3 Å². The molecule has 0 spiro atoms. The van der Waals surface area contributed by atoms with Crippen LogP contribution in [0.4, 0.5) is 0 Å². The van der Waals surface area contributed by atoms with Crippen LogP contribution in [0.1, 0.15) is 5.56 Å². The van der Waals surface area contributed by atoms with Crippen LogP contribution in [0, 0.1) is 0 Å². The average molecular weight is 308 g/mol. The van der Waals surface area contributed by atoms with Crippen LogP contribution in [0.3, 0.4) is 0 Å². The molecule has 4 heteroatoms. The van der Waals surface area contributed by atoms with E-state index in [9.17, 15) is 0 Å². The van der Waals surface area contributed by atoms with Crippen molar-refractivity contribution in [3.05, 3.63) is 59.1 Å². The SMILES string of the molecule is COc1ccccc1CC(N)CSc1ccc(Cl)cc1. The first-order chi connectivity index (χ1) is 9.69. The molecule has 2 N–H and O–H groups in total. The molecule has 20 heavy (non-hydrogen) atoms. The lowest BCUT2D eigenvalue weighted by atomic mass is 10.1. The first kappa shape index (κ1) is 15.2. The summed E-state index contributed by atoms with van der Waals surface area (Å²) in [6, 6.07) is 15.9. The molecular weight excluding hydrogens is 290 g/mol. The van der Waals surface area contributed by atoms with Crippen LogP contribution in [-0.2, 0) is 6.42 Å². The maximum absolute atomic E-state index is 6.20. The van der Waals surface area contributed by atoms with Crippen molar-refractivity contribution in [2.24, 2.45) is 5.73 Å². The maximum Gasteiger partial charge on any atom is 0.122 e. The van der Waals surface area contributed by atoms with Gasteiger partial charge in [0.2, 0.25) is 0 Å². The Morgan fingerprint density at radius 1 is 1.15 bits per heavy atom. The van der Waals surface area contributed by atoms with E-state index in [2.05, 4.69) is 6.07 Å². The standard InChI is InChI=1S/C16H18ClNOS/c1-19-16-5-3-2-4-12(16)10-14(18)11-20-15-8-6-13(17)7-9-15/h2-9,14H,10-11,18H2,1H3. The molecule has 0 fully saturated rings. The first-order valence-electron chi connectivity index (χ1n) is 6.45. The number of nitrogens with two attached hydrogens (primary N) is 1. The number of thioether (sulfide) groups is 1. The topological polar surface area (TPSA) is 35.2 Å². The fourth-order valence-electron chi connectivity index (χ4n) is 1.95. The first-order valence-corrected chi connectivity index (χ1v) is 7.81. The van der Waals surface area contributed by atoms with Gasteiger partial charge in [-0.25, -0.2) is 0 Å². The highest BCUT2D eigenvalue weighted by atomic mass is 35.5. The second-order valence-electron chi connectivity index (χ2n) is 4.54. The molecule has 0 aliphatic carbocycles. The van der Waals surface area contributed by atoms with Crippen LogP contribution < -0.4 is 10.5 Å². The minimum atomic E-state index is 0.0898. The van der Waals surface area contributed by atoms with Gasteiger partial charge in [-0.3, -0.25) is 0 Å². The zero-order valence-electron chi connectivity index (χ0n) is 11.4. The molecule has 0 radical (unpaired) electrons. The van der Waals surface area contributed by atoms with Crippen LogP contribution in [-0.4, -0.2) is 18.9 Å². The number of methoxy groups -OCH3 is 1. The monoisotopic (exact) mass is 307 g/mol. The molecule has 0 heterocycles. The van der Waals surface area contributed by atoms with Gasteiger partial charge in [-0.1, -0.05) is 29.8 Å². The summed E-state index contributed by atoms with van der Waals surface area (Å²) in [4.78, 5) is 1.19. The number of para-hydroxylation sites is 1. The van der Waals surface area contributed by atoms with Crippen LogP contribution in [0.2, 0.25) is 5.02 Å². The van der Waals surface area contributed by atoms with Crippen molar-refractivity contribution in [1.29, 1.82) is 0 Å². The van der Waals surface area contributed by atoms with Gasteiger partial charge in [-0.15, -0.1) is 11.8 Å². The molecule has 2 aromatic carbocycles. The van der Waals surface area contributed by atoms with Gasteiger partial charge < -0.3 is 10.5 Å². The molecular formula is C16H18ClNOS. The predicted octanol–water partition coefficient (Wildman–Crippen LogP) is 4.01. The van der Waals surface area contributed by atoms with Crippen LogP contribution >= 0.6 is 23.4 Å². The van der Waals surface area contributed by atoms with Gasteiger partial charge in [0, 0.05) is 21.7 Å². The lowest BCUT2D eigenvalue weighted by molar-refractivity contribution is 0.408. The average Bonchev–Trinajstić information content (AvgIpc) is 2.47. The van der Waals surface area contributed by atoms with Gasteiger partial charge in [-0.2, -0.15) is 0 Å². The molecule has 2 nitrogen and oxygen atoms in total.